The summed E-state index contributed by atoms with van der Waals surface area (Å²) in [6.45, 7) is 0. The van der Waals surface area contributed by atoms with E-state index in [-0.39, 0.29) is 0 Å². The van der Waals surface area contributed by atoms with Crippen LogP contribution in [0.3, 0.4) is 0 Å². The lowest BCUT2D eigenvalue weighted by atomic mass is 9.96. The SMILES string of the molecule is COc1ccc(N(C)c2nc(Cl)nc3c2CCCC3)cc1. The molecular formula is C16H18ClN3O. The second kappa shape index (κ2) is 5.90. The number of methoxy groups -OCH3 is 1. The third kappa shape index (κ3) is 2.81. The Morgan fingerprint density at radius 3 is 2.52 bits per heavy atom. The van der Waals surface area contributed by atoms with Crippen molar-refractivity contribution in [2.75, 3.05) is 19.1 Å². The second-order valence-corrected chi connectivity index (χ2v) is 5.54. The molecule has 0 N–H and O–H groups in total. The van der Waals surface area contributed by atoms with Crippen LogP contribution in [0.5, 0.6) is 5.75 Å². The molecule has 5 heteroatoms. The molecule has 4 nitrogen and oxygen atoms in total. The van der Waals surface area contributed by atoms with Crippen molar-refractivity contribution in [2.45, 2.75) is 25.7 Å². The average Bonchev–Trinajstić information content (AvgIpc) is 2.53. The minimum absolute atomic E-state index is 0.325. The molecule has 0 bridgehead atoms. The maximum atomic E-state index is 6.09. The highest BCUT2D eigenvalue weighted by Crippen LogP contribution is 2.32. The van der Waals surface area contributed by atoms with Gasteiger partial charge >= 0.3 is 0 Å². The van der Waals surface area contributed by atoms with Crippen LogP contribution in [0.2, 0.25) is 5.28 Å². The quantitative estimate of drug-likeness (QED) is 0.809. The molecular weight excluding hydrogens is 286 g/mol. The lowest BCUT2D eigenvalue weighted by Crippen LogP contribution is -2.18. The number of fused-ring (bicyclic) bond motifs is 1. The van der Waals surface area contributed by atoms with Gasteiger partial charge in [0.05, 0.1) is 12.8 Å². The summed E-state index contributed by atoms with van der Waals surface area (Å²) in [4.78, 5) is 10.9. The van der Waals surface area contributed by atoms with E-state index in [0.29, 0.717) is 5.28 Å². The van der Waals surface area contributed by atoms with Gasteiger partial charge in [0.2, 0.25) is 5.28 Å². The molecule has 3 rings (SSSR count). The highest BCUT2D eigenvalue weighted by atomic mass is 35.5. The highest BCUT2D eigenvalue weighted by molar-refractivity contribution is 6.28. The summed E-state index contributed by atoms with van der Waals surface area (Å²) < 4.78 is 5.20. The van der Waals surface area contributed by atoms with Gasteiger partial charge in [-0.1, -0.05) is 0 Å². The highest BCUT2D eigenvalue weighted by Gasteiger charge is 2.20. The first kappa shape index (κ1) is 14.1. The second-order valence-electron chi connectivity index (χ2n) is 5.21. The molecule has 0 radical (unpaired) electrons. The van der Waals surface area contributed by atoms with E-state index in [0.717, 1.165) is 35.8 Å². The number of anilines is 2. The van der Waals surface area contributed by atoms with E-state index >= 15 is 0 Å². The van der Waals surface area contributed by atoms with Gasteiger partial charge in [0.25, 0.3) is 0 Å². The number of nitrogens with zero attached hydrogens (tertiary/aromatic N) is 3. The minimum atomic E-state index is 0.325. The Kier molecular flexibility index (Phi) is 3.97. The number of hydrogen-bond donors (Lipinski definition) is 0. The van der Waals surface area contributed by atoms with E-state index < -0.39 is 0 Å². The molecule has 110 valence electrons. The van der Waals surface area contributed by atoms with Gasteiger partial charge in [0.15, 0.2) is 0 Å². The molecule has 0 unspecified atom stereocenters. The molecule has 1 heterocycles. The summed E-state index contributed by atoms with van der Waals surface area (Å²) in [5.74, 6) is 1.75. The lowest BCUT2D eigenvalue weighted by Gasteiger charge is -2.25. The Hall–Kier alpha value is -1.81. The molecule has 21 heavy (non-hydrogen) atoms. The van der Waals surface area contributed by atoms with Gasteiger partial charge in [-0.15, -0.1) is 0 Å². The van der Waals surface area contributed by atoms with Crippen LogP contribution in [-0.4, -0.2) is 24.1 Å². The number of aromatic nitrogens is 2. The standard InChI is InChI=1S/C16H18ClN3O/c1-20(11-7-9-12(21-2)10-8-11)15-13-5-3-4-6-14(13)18-16(17)19-15/h7-10H,3-6H2,1-2H3. The molecule has 0 spiro atoms. The van der Waals surface area contributed by atoms with E-state index in [1.165, 1.54) is 18.4 Å². The summed E-state index contributed by atoms with van der Waals surface area (Å²) in [5.41, 5.74) is 3.37. The zero-order valence-corrected chi connectivity index (χ0v) is 13.0. The van der Waals surface area contributed by atoms with Gasteiger partial charge < -0.3 is 9.64 Å². The number of rotatable bonds is 3. The number of halogens is 1. The zero-order chi connectivity index (χ0) is 14.8. The molecule has 0 amide bonds. The fourth-order valence-electron chi connectivity index (χ4n) is 2.75. The molecule has 0 atom stereocenters. The summed E-state index contributed by atoms with van der Waals surface area (Å²) in [5, 5.41) is 0.325. The van der Waals surface area contributed by atoms with Crippen molar-refractivity contribution in [1.29, 1.82) is 0 Å². The lowest BCUT2D eigenvalue weighted by molar-refractivity contribution is 0.415. The van der Waals surface area contributed by atoms with Crippen molar-refractivity contribution >= 4 is 23.1 Å². The fraction of sp³-hybridized carbons (Fsp3) is 0.375. The topological polar surface area (TPSA) is 38.2 Å². The van der Waals surface area contributed by atoms with Crippen LogP contribution in [0, 0.1) is 0 Å². The van der Waals surface area contributed by atoms with Crippen LogP contribution in [0.1, 0.15) is 24.1 Å². The Bertz CT molecular complexity index is 643. The molecule has 0 saturated carbocycles. The van der Waals surface area contributed by atoms with Crippen LogP contribution >= 0.6 is 11.6 Å². The molecule has 2 aromatic rings. The number of hydrogen-bond acceptors (Lipinski definition) is 4. The van der Waals surface area contributed by atoms with Gasteiger partial charge in [0, 0.05) is 18.3 Å². The summed E-state index contributed by atoms with van der Waals surface area (Å²) in [6.07, 6.45) is 4.36. The molecule has 0 saturated heterocycles. The average molecular weight is 304 g/mol. The van der Waals surface area contributed by atoms with Crippen molar-refractivity contribution in [3.63, 3.8) is 0 Å². The predicted molar refractivity (Wildman–Crippen MR) is 84.7 cm³/mol. The fourth-order valence-corrected chi connectivity index (χ4v) is 2.93. The minimum Gasteiger partial charge on any atom is -0.497 e. The number of aryl methyl sites for hydroxylation is 1. The molecule has 1 aliphatic rings. The predicted octanol–water partition coefficient (Wildman–Crippen LogP) is 3.79. The molecule has 1 aliphatic carbocycles. The van der Waals surface area contributed by atoms with Crippen molar-refractivity contribution in [2.24, 2.45) is 0 Å². The van der Waals surface area contributed by atoms with Gasteiger partial charge in [-0.05, 0) is 61.5 Å². The van der Waals surface area contributed by atoms with Crippen LogP contribution in [0.15, 0.2) is 24.3 Å². The van der Waals surface area contributed by atoms with Crippen LogP contribution in [-0.2, 0) is 12.8 Å². The third-order valence-corrected chi connectivity index (χ3v) is 4.08. The Balaban J connectivity index is 2.00. The summed E-state index contributed by atoms with van der Waals surface area (Å²) in [7, 11) is 3.68. The van der Waals surface area contributed by atoms with E-state index in [1.54, 1.807) is 7.11 Å². The van der Waals surface area contributed by atoms with Crippen molar-refractivity contribution in [1.82, 2.24) is 9.97 Å². The van der Waals surface area contributed by atoms with Crippen molar-refractivity contribution in [3.8, 4) is 5.75 Å². The van der Waals surface area contributed by atoms with Crippen LogP contribution < -0.4 is 9.64 Å². The Morgan fingerprint density at radius 2 is 1.81 bits per heavy atom. The summed E-state index contributed by atoms with van der Waals surface area (Å²) in [6, 6.07) is 7.93. The smallest absolute Gasteiger partial charge is 0.224 e. The van der Waals surface area contributed by atoms with Crippen LogP contribution in [0.4, 0.5) is 11.5 Å². The van der Waals surface area contributed by atoms with Crippen LogP contribution in [0.25, 0.3) is 0 Å². The molecule has 1 aromatic carbocycles. The van der Waals surface area contributed by atoms with Gasteiger partial charge in [-0.2, -0.15) is 4.98 Å². The Labute approximate surface area is 129 Å². The Morgan fingerprint density at radius 1 is 1.10 bits per heavy atom. The maximum absolute atomic E-state index is 6.09. The normalized spacial score (nSPS) is 13.7. The first-order valence-electron chi connectivity index (χ1n) is 7.12. The van der Waals surface area contributed by atoms with Gasteiger partial charge in [-0.25, -0.2) is 4.98 Å². The summed E-state index contributed by atoms with van der Waals surface area (Å²) >= 11 is 6.09. The van der Waals surface area contributed by atoms with E-state index in [9.17, 15) is 0 Å². The zero-order valence-electron chi connectivity index (χ0n) is 12.3. The maximum Gasteiger partial charge on any atom is 0.224 e. The first-order valence-corrected chi connectivity index (χ1v) is 7.50. The van der Waals surface area contributed by atoms with Crippen molar-refractivity contribution < 1.29 is 4.74 Å². The van der Waals surface area contributed by atoms with E-state index in [4.69, 9.17) is 16.3 Å². The monoisotopic (exact) mass is 303 g/mol. The molecule has 0 fully saturated rings. The van der Waals surface area contributed by atoms with E-state index in [1.807, 2.05) is 31.3 Å². The number of benzene rings is 1. The molecule has 0 aliphatic heterocycles. The van der Waals surface area contributed by atoms with E-state index in [2.05, 4.69) is 14.9 Å². The molecule has 1 aromatic heterocycles. The van der Waals surface area contributed by atoms with Gasteiger partial charge in [0.1, 0.15) is 11.6 Å². The van der Waals surface area contributed by atoms with Gasteiger partial charge in [-0.3, -0.25) is 0 Å². The van der Waals surface area contributed by atoms with Crippen molar-refractivity contribution in [3.05, 3.63) is 40.8 Å². The third-order valence-electron chi connectivity index (χ3n) is 3.91. The number of ether oxygens (including phenoxy) is 1. The first-order chi connectivity index (χ1) is 10.2. The largest absolute Gasteiger partial charge is 0.497 e.